The summed E-state index contributed by atoms with van der Waals surface area (Å²) in [5.41, 5.74) is 1.44. The molecule has 1 fully saturated rings. The maximum atomic E-state index is 13.1. The maximum Gasteiger partial charge on any atom is 0.416 e. The van der Waals surface area contributed by atoms with Gasteiger partial charge in [0.05, 0.1) is 17.5 Å². The second-order valence-electron chi connectivity index (χ2n) is 7.73. The molecule has 2 aromatic carbocycles. The Hall–Kier alpha value is -3.05. The van der Waals surface area contributed by atoms with E-state index in [1.54, 1.807) is 6.20 Å². The summed E-state index contributed by atoms with van der Waals surface area (Å²) in [5, 5.41) is 15.6. The molecule has 1 saturated heterocycles. The van der Waals surface area contributed by atoms with Crippen LogP contribution in [0, 0.1) is 0 Å². The van der Waals surface area contributed by atoms with Crippen molar-refractivity contribution in [1.29, 1.82) is 0 Å². The van der Waals surface area contributed by atoms with E-state index >= 15 is 0 Å². The van der Waals surface area contributed by atoms with Gasteiger partial charge in [0.15, 0.2) is 5.52 Å². The molecule has 0 radical (unpaired) electrons. The highest BCUT2D eigenvalue weighted by Gasteiger charge is 2.38. The topological polar surface area (TPSA) is 87.2 Å². The first kappa shape index (κ1) is 22.2. The molecule has 7 nitrogen and oxygen atoms in total. The molecule has 2 aromatic heterocycles. The van der Waals surface area contributed by atoms with Crippen LogP contribution in [0.3, 0.4) is 0 Å². The normalized spacial score (nSPS) is 19.9. The van der Waals surface area contributed by atoms with Crippen LogP contribution >= 0.6 is 0 Å². The van der Waals surface area contributed by atoms with Crippen molar-refractivity contribution in [3.63, 3.8) is 0 Å². The predicted molar refractivity (Wildman–Crippen MR) is 111 cm³/mol. The first-order valence-electron chi connectivity index (χ1n) is 9.93. The number of hydrogen-bond acceptors (Lipinski definition) is 5. The summed E-state index contributed by atoms with van der Waals surface area (Å²) in [7, 11) is 1.83. The van der Waals surface area contributed by atoms with Gasteiger partial charge in [-0.15, -0.1) is 4.68 Å². The number of aliphatic hydroxyl groups excluding tert-OH is 1. The molecule has 2 unspecified atom stereocenters. The van der Waals surface area contributed by atoms with Gasteiger partial charge in [0.2, 0.25) is 0 Å². The third-order valence-corrected chi connectivity index (χ3v) is 5.84. The van der Waals surface area contributed by atoms with Gasteiger partial charge < -0.3 is 15.9 Å². The van der Waals surface area contributed by atoms with E-state index in [0.29, 0.717) is 24.3 Å². The van der Waals surface area contributed by atoms with Crippen molar-refractivity contribution in [2.24, 2.45) is 0 Å². The van der Waals surface area contributed by atoms with Crippen molar-refractivity contribution in [1.82, 2.24) is 19.9 Å². The fraction of sp³-hybridized carbons (Fsp3) is 0.273. The maximum absolute atomic E-state index is 13.1. The first-order valence-corrected chi connectivity index (χ1v) is 9.93. The van der Waals surface area contributed by atoms with Crippen LogP contribution in [-0.2, 0) is 6.18 Å². The number of nitrogens with one attached hydrogen (secondary N) is 1. The predicted octanol–water partition coefficient (Wildman–Crippen LogP) is 2.66. The number of aliphatic hydroxyl groups is 1. The lowest BCUT2D eigenvalue weighted by Crippen LogP contribution is -2.64. The summed E-state index contributed by atoms with van der Waals surface area (Å²) < 4.78 is 43.0. The average Bonchev–Trinajstić information content (AvgIpc) is 3.15. The Labute approximate surface area is 181 Å². The van der Waals surface area contributed by atoms with Crippen LogP contribution in [0.4, 0.5) is 13.2 Å². The minimum atomic E-state index is -4.40. The van der Waals surface area contributed by atoms with Gasteiger partial charge in [0.25, 0.3) is 11.7 Å². The molecule has 1 aliphatic heterocycles. The van der Waals surface area contributed by atoms with E-state index in [0.717, 1.165) is 28.4 Å². The van der Waals surface area contributed by atoms with E-state index < -0.39 is 18.0 Å². The second kappa shape index (κ2) is 8.14. The number of halogens is 3. The Morgan fingerprint density at radius 1 is 1.09 bits per heavy atom. The summed E-state index contributed by atoms with van der Waals surface area (Å²) in [4.78, 5) is 6.43. The molecule has 3 N–H and O–H groups in total. The average molecular weight is 445 g/mol. The summed E-state index contributed by atoms with van der Waals surface area (Å²) >= 11 is 0. The van der Waals surface area contributed by atoms with Gasteiger partial charge in [-0.3, -0.25) is 0 Å². The van der Waals surface area contributed by atoms with Crippen LogP contribution in [0.25, 0.3) is 27.5 Å². The van der Waals surface area contributed by atoms with Gasteiger partial charge in [-0.2, -0.15) is 13.2 Å². The van der Waals surface area contributed by atoms with Crippen LogP contribution in [0.2, 0.25) is 0 Å². The standard InChI is InChI=1S/C22H21F3N5O.H2O/c1-28-19(11-26-12-20(28)31)30-21-17-5-3-2-4-14(17)10-27-18(21)13-29(30)16-8-6-15(7-9-16)22(23,24)25;/h2-10,13,19-20,26,31H,11-12H2,1H3;1H2/q+1;/p-1. The number of benzene rings is 2. The molecular weight excluding hydrogens is 423 g/mol. The van der Waals surface area contributed by atoms with E-state index in [-0.39, 0.29) is 11.6 Å². The molecule has 5 rings (SSSR count). The largest absolute Gasteiger partial charge is 0.870 e. The number of aromatic nitrogens is 3. The van der Waals surface area contributed by atoms with Gasteiger partial charge in [-0.1, -0.05) is 22.9 Å². The molecular formula is C22H22F3N5O2. The Morgan fingerprint density at radius 3 is 2.53 bits per heavy atom. The van der Waals surface area contributed by atoms with Crippen molar-refractivity contribution in [2.45, 2.75) is 18.6 Å². The highest BCUT2D eigenvalue weighted by Crippen LogP contribution is 2.30. The van der Waals surface area contributed by atoms with Gasteiger partial charge in [0.1, 0.15) is 18.1 Å². The molecule has 10 heteroatoms. The van der Waals surface area contributed by atoms with Crippen LogP contribution in [0.1, 0.15) is 11.7 Å². The molecule has 0 spiro atoms. The monoisotopic (exact) mass is 445 g/mol. The number of fused-ring (bicyclic) bond motifs is 3. The summed E-state index contributed by atoms with van der Waals surface area (Å²) in [6, 6.07) is 12.9. The van der Waals surface area contributed by atoms with Crippen molar-refractivity contribution in [3.05, 3.63) is 66.5 Å². The number of hydrogen-bond donors (Lipinski definition) is 2. The third-order valence-electron chi connectivity index (χ3n) is 5.84. The highest BCUT2D eigenvalue weighted by molar-refractivity contribution is 6.01. The van der Waals surface area contributed by atoms with E-state index in [1.807, 2.05) is 51.8 Å². The Kier molecular flexibility index (Phi) is 5.63. The summed E-state index contributed by atoms with van der Waals surface area (Å²) in [6.45, 7) is 0.993. The fourth-order valence-electron chi connectivity index (χ4n) is 4.17. The number of likely N-dealkylation sites (N-methyl/N-ethyl adjacent to an activating group) is 1. The fourth-order valence-corrected chi connectivity index (χ4v) is 4.17. The SMILES string of the molecule is CN1C(O)CNCC1[n+]1c2c(cn1-c1ccc(C(F)(F)F)cc1)ncc1ccccc12.[OH-]. The Balaban J connectivity index is 0.00000245. The summed E-state index contributed by atoms with van der Waals surface area (Å²) in [5.74, 6) is 0. The zero-order valence-electron chi connectivity index (χ0n) is 17.2. The molecule has 3 heterocycles. The van der Waals surface area contributed by atoms with E-state index in [9.17, 15) is 18.3 Å². The number of nitrogens with zero attached hydrogens (tertiary/aromatic N) is 4. The number of alkyl halides is 3. The first-order chi connectivity index (χ1) is 14.8. The molecule has 0 bridgehead atoms. The molecule has 2 atom stereocenters. The highest BCUT2D eigenvalue weighted by atomic mass is 19.4. The number of rotatable bonds is 2. The van der Waals surface area contributed by atoms with Crippen LogP contribution in [0.15, 0.2) is 60.9 Å². The van der Waals surface area contributed by atoms with E-state index in [2.05, 4.69) is 10.3 Å². The Bertz CT molecular complexity index is 1260. The lowest BCUT2D eigenvalue weighted by Gasteiger charge is -2.33. The van der Waals surface area contributed by atoms with E-state index in [1.165, 1.54) is 12.1 Å². The number of pyridine rings is 1. The van der Waals surface area contributed by atoms with Crippen molar-refractivity contribution in [2.75, 3.05) is 20.1 Å². The van der Waals surface area contributed by atoms with Crippen molar-refractivity contribution in [3.8, 4) is 5.69 Å². The molecule has 0 aliphatic carbocycles. The number of piperazine rings is 1. The van der Waals surface area contributed by atoms with Crippen molar-refractivity contribution >= 4 is 21.8 Å². The molecule has 0 saturated carbocycles. The number of β-amino-alcohol motifs (C(OH)–C–C–N with tert-alkyl or cyclic N) is 1. The lowest BCUT2D eigenvalue weighted by atomic mass is 10.1. The van der Waals surface area contributed by atoms with Crippen LogP contribution in [0.5, 0.6) is 0 Å². The zero-order chi connectivity index (χ0) is 21.8. The zero-order valence-corrected chi connectivity index (χ0v) is 17.2. The summed E-state index contributed by atoms with van der Waals surface area (Å²) in [6.07, 6.45) is -1.77. The van der Waals surface area contributed by atoms with Gasteiger partial charge in [-0.05, 0) is 37.4 Å². The second-order valence-corrected chi connectivity index (χ2v) is 7.73. The van der Waals surface area contributed by atoms with Crippen molar-refractivity contribution < 1.29 is 28.4 Å². The smallest absolute Gasteiger partial charge is 0.416 e. The molecule has 0 amide bonds. The lowest BCUT2D eigenvalue weighted by molar-refractivity contribution is -0.786. The van der Waals surface area contributed by atoms with Crippen LogP contribution in [-0.4, -0.2) is 51.5 Å². The van der Waals surface area contributed by atoms with Gasteiger partial charge in [-0.25, -0.2) is 9.88 Å². The molecule has 32 heavy (non-hydrogen) atoms. The molecule has 4 aromatic rings. The minimum Gasteiger partial charge on any atom is -0.870 e. The van der Waals surface area contributed by atoms with Gasteiger partial charge in [0, 0.05) is 18.1 Å². The Morgan fingerprint density at radius 2 is 1.81 bits per heavy atom. The quantitative estimate of drug-likeness (QED) is 0.464. The third kappa shape index (κ3) is 3.61. The molecule has 168 valence electrons. The van der Waals surface area contributed by atoms with Crippen LogP contribution < -0.4 is 10.00 Å². The van der Waals surface area contributed by atoms with Gasteiger partial charge >= 0.3 is 6.18 Å². The molecule has 1 aliphatic rings. The minimum absolute atomic E-state index is 0. The van der Waals surface area contributed by atoms with E-state index in [4.69, 9.17) is 0 Å².